The predicted octanol–water partition coefficient (Wildman–Crippen LogP) is 15.1. The van der Waals surface area contributed by atoms with E-state index in [1.54, 1.807) is 19.0 Å². The molecule has 72 heavy (non-hydrogen) atoms. The van der Waals surface area contributed by atoms with Gasteiger partial charge in [0.15, 0.2) is 17.5 Å². The van der Waals surface area contributed by atoms with Crippen molar-refractivity contribution in [2.24, 2.45) is 0 Å². The SMILES string of the molecule is CC(C)(C)c1cc(-c2cncnc2)cc(-c2cccc(-c3nc(-c4cccc(-c5cc(-c6cncnc6)cc(C(C)(C)C)c5)c4)nc(-c4cccc(-c5cc(-c6cncnc6)cc(C(C)(C)C)c5)c4)n3)c2)c1. The molecule has 0 radical (unpaired) electrons. The van der Waals surface area contributed by atoms with Gasteiger partial charge in [0.2, 0.25) is 0 Å². The molecule has 0 aliphatic carbocycles. The van der Waals surface area contributed by atoms with E-state index in [1.807, 2.05) is 37.2 Å². The number of nitrogens with zero attached hydrogens (tertiary/aromatic N) is 9. The highest BCUT2D eigenvalue weighted by Gasteiger charge is 2.22. The topological polar surface area (TPSA) is 116 Å². The first-order valence-electron chi connectivity index (χ1n) is 24.3. The van der Waals surface area contributed by atoms with Gasteiger partial charge >= 0.3 is 0 Å². The van der Waals surface area contributed by atoms with Crippen LogP contribution in [0.2, 0.25) is 0 Å². The summed E-state index contributed by atoms with van der Waals surface area (Å²) in [5.41, 5.74) is 18.4. The zero-order valence-electron chi connectivity index (χ0n) is 42.3. The molecule has 0 amide bonds. The van der Waals surface area contributed by atoms with Crippen molar-refractivity contribution in [1.82, 2.24) is 44.9 Å². The monoisotopic (exact) mass is 939 g/mol. The molecule has 10 rings (SSSR count). The van der Waals surface area contributed by atoms with Crippen molar-refractivity contribution >= 4 is 0 Å². The number of hydrogen-bond donors (Lipinski definition) is 0. The van der Waals surface area contributed by atoms with Gasteiger partial charge in [-0.05, 0) is 119 Å². The molecule has 0 N–H and O–H groups in total. The van der Waals surface area contributed by atoms with E-state index in [0.717, 1.165) is 83.5 Å². The Bertz CT molecular complexity index is 3180. The van der Waals surface area contributed by atoms with E-state index in [9.17, 15) is 0 Å². The highest BCUT2D eigenvalue weighted by Crippen LogP contribution is 2.39. The van der Waals surface area contributed by atoms with E-state index >= 15 is 0 Å². The molecule has 0 atom stereocenters. The van der Waals surface area contributed by atoms with Gasteiger partial charge in [0.1, 0.15) is 19.0 Å². The van der Waals surface area contributed by atoms with Crippen LogP contribution in [0.25, 0.3) is 101 Å². The van der Waals surface area contributed by atoms with Crippen LogP contribution in [-0.2, 0) is 16.2 Å². The van der Waals surface area contributed by atoms with E-state index in [4.69, 9.17) is 15.0 Å². The maximum Gasteiger partial charge on any atom is 0.164 e. The van der Waals surface area contributed by atoms with Crippen LogP contribution in [0.5, 0.6) is 0 Å². The molecule has 0 saturated carbocycles. The molecule has 0 aliphatic heterocycles. The fraction of sp³-hybridized carbons (Fsp3) is 0.190. The van der Waals surface area contributed by atoms with Gasteiger partial charge in [-0.25, -0.2) is 44.9 Å². The van der Waals surface area contributed by atoms with Gasteiger partial charge in [0.05, 0.1) is 0 Å². The third-order valence-corrected chi connectivity index (χ3v) is 13.1. The summed E-state index contributed by atoms with van der Waals surface area (Å²) in [6.07, 6.45) is 15.9. The Morgan fingerprint density at radius 1 is 0.236 bits per heavy atom. The molecule has 0 bridgehead atoms. The standard InChI is InChI=1S/C63H57N9/c1-61(2,3)55-25-46(22-49(28-55)52-31-64-37-65-32-52)40-13-10-16-43(19-40)58-70-59(44-17-11-14-41(20-44)47-23-50(53-33-66-38-67-34-53)29-56(26-47)62(4,5)6)72-60(71-58)45-18-12-15-42(21-45)48-24-51(54-35-68-39-69-36-54)30-57(27-48)63(7,8)9/h10-39H,1-9H3. The molecule has 0 unspecified atom stereocenters. The van der Waals surface area contributed by atoms with Gasteiger partial charge in [0.25, 0.3) is 0 Å². The van der Waals surface area contributed by atoms with E-state index in [0.29, 0.717) is 17.5 Å². The fourth-order valence-electron chi connectivity index (χ4n) is 8.80. The van der Waals surface area contributed by atoms with Crippen LogP contribution >= 0.6 is 0 Å². The third-order valence-electron chi connectivity index (χ3n) is 13.1. The van der Waals surface area contributed by atoms with Crippen molar-refractivity contribution in [2.75, 3.05) is 0 Å². The molecule has 0 saturated heterocycles. The lowest BCUT2D eigenvalue weighted by atomic mass is 9.83. The van der Waals surface area contributed by atoms with Gasteiger partial charge in [0, 0.05) is 70.6 Å². The van der Waals surface area contributed by atoms with Crippen LogP contribution in [0.4, 0.5) is 0 Å². The van der Waals surface area contributed by atoms with Crippen LogP contribution in [-0.4, -0.2) is 44.9 Å². The van der Waals surface area contributed by atoms with Gasteiger partial charge in [-0.2, -0.15) is 0 Å². The van der Waals surface area contributed by atoms with Crippen molar-refractivity contribution in [3.05, 3.63) is 200 Å². The number of rotatable bonds is 9. The first-order chi connectivity index (χ1) is 34.5. The van der Waals surface area contributed by atoms with E-state index in [1.165, 1.54) is 16.7 Å². The van der Waals surface area contributed by atoms with Crippen molar-refractivity contribution in [2.45, 2.75) is 78.6 Å². The molecule has 0 aliphatic rings. The number of aromatic nitrogens is 9. The maximum absolute atomic E-state index is 5.31. The quantitative estimate of drug-likeness (QED) is 0.139. The van der Waals surface area contributed by atoms with Crippen molar-refractivity contribution in [3.63, 3.8) is 0 Å². The first-order valence-corrected chi connectivity index (χ1v) is 24.3. The lowest BCUT2D eigenvalue weighted by Crippen LogP contribution is -2.11. The summed E-state index contributed by atoms with van der Waals surface area (Å²) < 4.78 is 0. The van der Waals surface area contributed by atoms with Crippen LogP contribution in [0.15, 0.2) is 184 Å². The van der Waals surface area contributed by atoms with Crippen LogP contribution < -0.4 is 0 Å². The Morgan fingerprint density at radius 3 is 0.681 bits per heavy atom. The van der Waals surface area contributed by atoms with Gasteiger partial charge in [-0.1, -0.05) is 153 Å². The van der Waals surface area contributed by atoms with Crippen LogP contribution in [0.1, 0.15) is 79.0 Å². The minimum absolute atomic E-state index is 0.101. The van der Waals surface area contributed by atoms with E-state index < -0.39 is 0 Å². The van der Waals surface area contributed by atoms with Gasteiger partial charge in [-0.15, -0.1) is 0 Å². The second-order valence-corrected chi connectivity index (χ2v) is 21.6. The molecule has 10 aromatic rings. The van der Waals surface area contributed by atoms with Crippen molar-refractivity contribution < 1.29 is 0 Å². The first kappa shape index (κ1) is 47.3. The summed E-state index contributed by atoms with van der Waals surface area (Å²) in [6, 6.07) is 45.7. The lowest BCUT2D eigenvalue weighted by Gasteiger charge is -2.22. The second kappa shape index (κ2) is 19.1. The van der Waals surface area contributed by atoms with Crippen LogP contribution in [0, 0.1) is 0 Å². The normalized spacial score (nSPS) is 12.0. The Morgan fingerprint density at radius 2 is 0.444 bits per heavy atom. The highest BCUT2D eigenvalue weighted by atomic mass is 15.0. The van der Waals surface area contributed by atoms with Crippen molar-refractivity contribution in [1.29, 1.82) is 0 Å². The number of benzene rings is 6. The smallest absolute Gasteiger partial charge is 0.164 e. The Balaban J connectivity index is 1.13. The molecule has 354 valence electrons. The van der Waals surface area contributed by atoms with Crippen LogP contribution in [0.3, 0.4) is 0 Å². The average molecular weight is 940 g/mol. The molecule has 4 aromatic heterocycles. The van der Waals surface area contributed by atoms with Gasteiger partial charge in [-0.3, -0.25) is 0 Å². The molecule has 9 nitrogen and oxygen atoms in total. The minimum Gasteiger partial charge on any atom is -0.244 e. The summed E-state index contributed by atoms with van der Waals surface area (Å²) in [5.74, 6) is 1.70. The second-order valence-electron chi connectivity index (χ2n) is 21.6. The zero-order chi connectivity index (χ0) is 50.2. The minimum atomic E-state index is -0.101. The summed E-state index contributed by atoms with van der Waals surface area (Å²) in [5, 5.41) is 0. The molecule has 0 fully saturated rings. The maximum atomic E-state index is 5.31. The summed E-state index contributed by atoms with van der Waals surface area (Å²) in [6.45, 7) is 20.1. The van der Waals surface area contributed by atoms with Gasteiger partial charge < -0.3 is 0 Å². The molecule has 4 heterocycles. The van der Waals surface area contributed by atoms with E-state index in [2.05, 4.69) is 220 Å². The molecular formula is C63H57N9. The predicted molar refractivity (Wildman–Crippen MR) is 292 cm³/mol. The average Bonchev–Trinajstić information content (AvgIpc) is 3.40. The summed E-state index contributed by atoms with van der Waals surface area (Å²) >= 11 is 0. The highest BCUT2D eigenvalue weighted by molar-refractivity contribution is 5.81. The van der Waals surface area contributed by atoms with Crippen molar-refractivity contribution in [3.8, 4) is 101 Å². The zero-order valence-corrected chi connectivity index (χ0v) is 42.3. The Labute approximate surface area is 422 Å². The number of hydrogen-bond acceptors (Lipinski definition) is 9. The fourth-order valence-corrected chi connectivity index (χ4v) is 8.80. The summed E-state index contributed by atoms with van der Waals surface area (Å²) in [4.78, 5) is 42.0. The molecule has 9 heteroatoms. The summed E-state index contributed by atoms with van der Waals surface area (Å²) in [7, 11) is 0. The molecule has 6 aromatic carbocycles. The van der Waals surface area contributed by atoms with E-state index in [-0.39, 0.29) is 16.2 Å². The largest absolute Gasteiger partial charge is 0.244 e. The molecular weight excluding hydrogens is 883 g/mol. The lowest BCUT2D eigenvalue weighted by molar-refractivity contribution is 0.590. The third kappa shape index (κ3) is 10.4. The Kier molecular flexibility index (Phi) is 12.5. The molecule has 0 spiro atoms. The Hall–Kier alpha value is -8.43.